The lowest BCUT2D eigenvalue weighted by Crippen LogP contribution is -2.19. The van der Waals surface area contributed by atoms with E-state index >= 15 is 0 Å². The normalized spacial score (nSPS) is 10.7. The van der Waals surface area contributed by atoms with Crippen molar-refractivity contribution in [2.24, 2.45) is 0 Å². The number of hydrogen-bond acceptors (Lipinski definition) is 4. The highest BCUT2D eigenvalue weighted by atomic mass is 35.5. The molecule has 0 aliphatic carbocycles. The van der Waals surface area contributed by atoms with Crippen molar-refractivity contribution in [3.05, 3.63) is 39.5 Å². The third-order valence-electron chi connectivity index (χ3n) is 2.71. The maximum Gasteiger partial charge on any atom is 0.343 e. The predicted octanol–water partition coefficient (Wildman–Crippen LogP) is 2.50. The van der Waals surface area contributed by atoms with Crippen molar-refractivity contribution < 1.29 is 9.18 Å². The van der Waals surface area contributed by atoms with Crippen LogP contribution in [0.3, 0.4) is 0 Å². The van der Waals surface area contributed by atoms with Crippen LogP contribution >= 0.6 is 23.4 Å². The number of halogens is 2. The van der Waals surface area contributed by atoms with Gasteiger partial charge in [-0.2, -0.15) is 0 Å². The minimum Gasteiger partial charge on any atom is -0.323 e. The molecule has 0 unspecified atom stereocenters. The monoisotopic (exact) mass is 344 g/mol. The van der Waals surface area contributed by atoms with Gasteiger partial charge in [0.25, 0.3) is 0 Å². The van der Waals surface area contributed by atoms with Crippen molar-refractivity contribution in [2.45, 2.75) is 25.0 Å². The fourth-order valence-electron chi connectivity index (χ4n) is 1.74. The molecule has 0 bridgehead atoms. The number of amides is 1. The fourth-order valence-corrected chi connectivity index (χ4v) is 2.69. The third kappa shape index (κ3) is 4.11. The number of hydrogen-bond donors (Lipinski definition) is 2. The van der Waals surface area contributed by atoms with Gasteiger partial charge in [-0.15, -0.1) is 5.10 Å². The van der Waals surface area contributed by atoms with E-state index in [0.717, 1.165) is 18.2 Å². The summed E-state index contributed by atoms with van der Waals surface area (Å²) in [6, 6.07) is 3.91. The van der Waals surface area contributed by atoms with Gasteiger partial charge in [0.05, 0.1) is 11.4 Å². The molecular formula is C13H14ClFN4O2S. The van der Waals surface area contributed by atoms with Crippen LogP contribution < -0.4 is 11.0 Å². The molecule has 118 valence electrons. The highest BCUT2D eigenvalue weighted by molar-refractivity contribution is 7.99. The van der Waals surface area contributed by atoms with Gasteiger partial charge < -0.3 is 5.32 Å². The van der Waals surface area contributed by atoms with E-state index in [9.17, 15) is 14.0 Å². The average Bonchev–Trinajstić information content (AvgIpc) is 2.82. The Morgan fingerprint density at radius 2 is 2.32 bits per heavy atom. The Labute approximate surface area is 135 Å². The number of carbonyl (C=O) groups excluding carboxylic acids is 1. The summed E-state index contributed by atoms with van der Waals surface area (Å²) in [6.45, 7) is 2.45. The van der Waals surface area contributed by atoms with Crippen molar-refractivity contribution in [3.8, 4) is 0 Å². The molecule has 0 aliphatic heterocycles. The molecule has 1 heterocycles. The molecule has 0 radical (unpaired) electrons. The summed E-state index contributed by atoms with van der Waals surface area (Å²) in [5.41, 5.74) is -0.295. The number of nitrogens with one attached hydrogen (secondary N) is 2. The summed E-state index contributed by atoms with van der Waals surface area (Å²) >= 11 is 6.85. The van der Waals surface area contributed by atoms with E-state index in [4.69, 9.17) is 11.6 Å². The van der Waals surface area contributed by atoms with Crippen LogP contribution in [0.2, 0.25) is 5.02 Å². The molecule has 1 aromatic carbocycles. The van der Waals surface area contributed by atoms with Gasteiger partial charge in [-0.25, -0.2) is 14.3 Å². The van der Waals surface area contributed by atoms with Gasteiger partial charge in [-0.05, 0) is 24.6 Å². The number of rotatable bonds is 6. The molecular weight excluding hydrogens is 331 g/mol. The molecule has 6 nitrogen and oxygen atoms in total. The number of nitrogens with zero attached hydrogens (tertiary/aromatic N) is 2. The molecule has 0 fully saturated rings. The minimum absolute atomic E-state index is 0.0000387. The molecule has 0 aliphatic rings. The highest BCUT2D eigenvalue weighted by Gasteiger charge is 2.12. The maximum atomic E-state index is 13.5. The fraction of sp³-hybridized carbons (Fsp3) is 0.308. The molecule has 9 heteroatoms. The molecule has 0 spiro atoms. The van der Waals surface area contributed by atoms with Gasteiger partial charge in [0.15, 0.2) is 5.16 Å². The first kappa shape index (κ1) is 16.6. The number of H-pyrrole nitrogens is 1. The lowest BCUT2D eigenvalue weighted by Gasteiger charge is -2.07. The highest BCUT2D eigenvalue weighted by Crippen LogP contribution is 2.20. The van der Waals surface area contributed by atoms with E-state index in [1.807, 2.05) is 6.92 Å². The summed E-state index contributed by atoms with van der Waals surface area (Å²) in [7, 11) is 0. The topological polar surface area (TPSA) is 79.8 Å². The van der Waals surface area contributed by atoms with Crippen molar-refractivity contribution in [2.75, 3.05) is 11.1 Å². The first-order chi connectivity index (χ1) is 10.5. The smallest absolute Gasteiger partial charge is 0.323 e. The number of thioether (sulfide) groups is 1. The van der Waals surface area contributed by atoms with E-state index in [1.165, 1.54) is 22.8 Å². The van der Waals surface area contributed by atoms with Gasteiger partial charge in [0.1, 0.15) is 5.82 Å². The molecule has 2 N–H and O–H groups in total. The van der Waals surface area contributed by atoms with Crippen molar-refractivity contribution >= 4 is 35.0 Å². The molecule has 1 aromatic heterocycles. The Kier molecular flexibility index (Phi) is 5.62. The van der Waals surface area contributed by atoms with Crippen LogP contribution in [0.5, 0.6) is 0 Å². The van der Waals surface area contributed by atoms with Gasteiger partial charge in [0, 0.05) is 11.6 Å². The number of aromatic nitrogens is 3. The number of anilines is 1. The quantitative estimate of drug-likeness (QED) is 0.789. The zero-order chi connectivity index (χ0) is 16.1. The van der Waals surface area contributed by atoms with Crippen LogP contribution in [-0.4, -0.2) is 26.4 Å². The molecule has 1 amide bonds. The molecule has 22 heavy (non-hydrogen) atoms. The second-order valence-corrected chi connectivity index (χ2v) is 5.80. The van der Waals surface area contributed by atoms with Gasteiger partial charge in [0.2, 0.25) is 5.91 Å². The van der Waals surface area contributed by atoms with Crippen LogP contribution in [0.15, 0.2) is 28.2 Å². The summed E-state index contributed by atoms with van der Waals surface area (Å²) in [5, 5.41) is 9.38. The standard InChI is InChI=1S/C13H14ClFN4O2S/c1-2-5-19-12(21)17-18-13(19)22-7-11(20)16-10-6-8(14)3-4-9(10)15/h3-4,6H,2,5,7H2,1H3,(H,16,20)(H,17,21). The minimum atomic E-state index is -0.564. The van der Waals surface area contributed by atoms with Crippen LogP contribution in [-0.2, 0) is 11.3 Å². The lowest BCUT2D eigenvalue weighted by molar-refractivity contribution is -0.113. The second kappa shape index (κ2) is 7.46. The second-order valence-electron chi connectivity index (χ2n) is 4.42. The molecule has 2 aromatic rings. The summed E-state index contributed by atoms with van der Waals surface area (Å²) in [4.78, 5) is 23.4. The predicted molar refractivity (Wildman–Crippen MR) is 83.9 cm³/mol. The maximum absolute atomic E-state index is 13.5. The number of benzene rings is 1. The Morgan fingerprint density at radius 3 is 3.05 bits per heavy atom. The van der Waals surface area contributed by atoms with E-state index in [0.29, 0.717) is 16.7 Å². The van der Waals surface area contributed by atoms with Crippen molar-refractivity contribution in [3.63, 3.8) is 0 Å². The Bertz CT molecular complexity index is 731. The van der Waals surface area contributed by atoms with Gasteiger partial charge in [-0.3, -0.25) is 9.36 Å². The number of carbonyl (C=O) groups is 1. The number of aromatic amines is 1. The van der Waals surface area contributed by atoms with Crippen molar-refractivity contribution in [1.82, 2.24) is 14.8 Å². The van der Waals surface area contributed by atoms with E-state index < -0.39 is 11.7 Å². The summed E-state index contributed by atoms with van der Waals surface area (Å²) in [6.07, 6.45) is 0.771. The van der Waals surface area contributed by atoms with E-state index in [1.54, 1.807) is 0 Å². The lowest BCUT2D eigenvalue weighted by atomic mass is 10.3. The zero-order valence-corrected chi connectivity index (χ0v) is 13.3. The molecule has 0 saturated heterocycles. The third-order valence-corrected chi connectivity index (χ3v) is 3.92. The Morgan fingerprint density at radius 1 is 1.55 bits per heavy atom. The summed E-state index contributed by atoms with van der Waals surface area (Å²) < 4.78 is 15.0. The molecule has 0 atom stereocenters. The molecule has 0 saturated carbocycles. The van der Waals surface area contributed by atoms with Crippen LogP contribution in [0, 0.1) is 5.82 Å². The first-order valence-corrected chi connectivity index (χ1v) is 7.90. The van der Waals surface area contributed by atoms with E-state index in [-0.39, 0.29) is 17.1 Å². The van der Waals surface area contributed by atoms with Gasteiger partial charge >= 0.3 is 5.69 Å². The van der Waals surface area contributed by atoms with Crippen molar-refractivity contribution in [1.29, 1.82) is 0 Å². The van der Waals surface area contributed by atoms with Crippen LogP contribution in [0.1, 0.15) is 13.3 Å². The Hall–Kier alpha value is -1.80. The average molecular weight is 345 g/mol. The van der Waals surface area contributed by atoms with E-state index in [2.05, 4.69) is 15.5 Å². The van der Waals surface area contributed by atoms with Crippen LogP contribution in [0.4, 0.5) is 10.1 Å². The zero-order valence-electron chi connectivity index (χ0n) is 11.7. The SMILES string of the molecule is CCCn1c(SCC(=O)Nc2cc(Cl)ccc2F)n[nH]c1=O. The summed E-state index contributed by atoms with van der Waals surface area (Å²) in [5.74, 6) is -0.977. The first-order valence-electron chi connectivity index (χ1n) is 6.54. The largest absolute Gasteiger partial charge is 0.343 e. The molecule has 2 rings (SSSR count). The van der Waals surface area contributed by atoms with Gasteiger partial charge in [-0.1, -0.05) is 30.3 Å². The van der Waals surface area contributed by atoms with Crippen LogP contribution in [0.25, 0.3) is 0 Å². The Balaban J connectivity index is 1.98.